The van der Waals surface area contributed by atoms with Crippen molar-refractivity contribution in [3.8, 4) is 0 Å². The summed E-state index contributed by atoms with van der Waals surface area (Å²) < 4.78 is 12.8. The van der Waals surface area contributed by atoms with Gasteiger partial charge in [-0.1, -0.05) is 31.2 Å². The molecule has 0 saturated heterocycles. The Bertz CT molecular complexity index is 905. The maximum absolute atomic E-state index is 12.2. The summed E-state index contributed by atoms with van der Waals surface area (Å²) in [6.45, 7) is 8.50. The van der Waals surface area contributed by atoms with Gasteiger partial charge in [-0.25, -0.2) is 4.79 Å². The SMILES string of the molecule is CCCOC(=O)Cc1c2n(c3ccccc13)C[C@H](NC(=O)OC(C)(C)C)C=C2. The van der Waals surface area contributed by atoms with E-state index in [1.165, 1.54) is 0 Å². The molecule has 2 aromatic rings. The van der Waals surface area contributed by atoms with E-state index in [2.05, 4.69) is 9.88 Å². The number of fused-ring (bicyclic) bond motifs is 3. The molecule has 6 heteroatoms. The molecule has 0 fully saturated rings. The highest BCUT2D eigenvalue weighted by molar-refractivity contribution is 5.92. The van der Waals surface area contributed by atoms with E-state index in [1.54, 1.807) is 0 Å². The molecule has 1 atom stereocenters. The lowest BCUT2D eigenvalue weighted by Gasteiger charge is -2.25. The maximum Gasteiger partial charge on any atom is 0.408 e. The number of alkyl carbamates (subject to hydrolysis) is 1. The third-order valence-corrected chi connectivity index (χ3v) is 4.48. The standard InChI is InChI=1S/C22H28N2O4/c1-5-12-27-20(25)13-17-16-8-6-7-9-18(16)24-14-15(10-11-19(17)24)23-21(26)28-22(2,3)4/h6-11,15H,5,12-14H2,1-4H3,(H,23,26)/t15-/m1/s1. The van der Waals surface area contributed by atoms with Crippen LogP contribution in [-0.2, 0) is 27.2 Å². The van der Waals surface area contributed by atoms with Gasteiger partial charge in [0.2, 0.25) is 0 Å². The van der Waals surface area contributed by atoms with Gasteiger partial charge in [0.05, 0.1) is 19.1 Å². The minimum absolute atomic E-state index is 0.182. The van der Waals surface area contributed by atoms with Crippen molar-refractivity contribution in [1.82, 2.24) is 9.88 Å². The average molecular weight is 384 g/mol. The van der Waals surface area contributed by atoms with Crippen LogP contribution in [0.4, 0.5) is 4.79 Å². The number of hydrogen-bond donors (Lipinski definition) is 1. The van der Waals surface area contributed by atoms with Gasteiger partial charge in [0.25, 0.3) is 0 Å². The number of carbonyl (C=O) groups excluding carboxylic acids is 2. The Morgan fingerprint density at radius 3 is 2.71 bits per heavy atom. The van der Waals surface area contributed by atoms with Gasteiger partial charge in [-0.05, 0) is 44.9 Å². The third kappa shape index (κ3) is 4.55. The number of nitrogens with zero attached hydrogens (tertiary/aromatic N) is 1. The predicted molar refractivity (Wildman–Crippen MR) is 109 cm³/mol. The van der Waals surface area contributed by atoms with E-state index in [0.29, 0.717) is 13.2 Å². The lowest BCUT2D eigenvalue weighted by molar-refractivity contribution is -0.142. The van der Waals surface area contributed by atoms with Gasteiger partial charge in [0.1, 0.15) is 5.60 Å². The van der Waals surface area contributed by atoms with Crippen molar-refractivity contribution in [2.24, 2.45) is 0 Å². The van der Waals surface area contributed by atoms with Crippen LogP contribution in [0.3, 0.4) is 0 Å². The van der Waals surface area contributed by atoms with E-state index in [4.69, 9.17) is 9.47 Å². The summed E-state index contributed by atoms with van der Waals surface area (Å²) in [7, 11) is 0. The van der Waals surface area contributed by atoms with Crippen LogP contribution >= 0.6 is 0 Å². The van der Waals surface area contributed by atoms with Gasteiger partial charge < -0.3 is 19.4 Å². The number of rotatable bonds is 5. The smallest absolute Gasteiger partial charge is 0.408 e. The summed E-state index contributed by atoms with van der Waals surface area (Å²) in [6, 6.07) is 7.81. The van der Waals surface area contributed by atoms with Gasteiger partial charge in [-0.2, -0.15) is 0 Å². The minimum atomic E-state index is -0.542. The fourth-order valence-corrected chi connectivity index (χ4v) is 3.40. The van der Waals surface area contributed by atoms with Gasteiger partial charge in [0, 0.05) is 23.1 Å². The first-order chi connectivity index (χ1) is 13.3. The zero-order valence-electron chi connectivity index (χ0n) is 17.0. The van der Waals surface area contributed by atoms with Crippen LogP contribution in [0.15, 0.2) is 30.3 Å². The second-order valence-electron chi connectivity index (χ2n) is 8.00. The highest BCUT2D eigenvalue weighted by atomic mass is 16.6. The van der Waals surface area contributed by atoms with Gasteiger partial charge in [0.15, 0.2) is 0 Å². The summed E-state index contributed by atoms with van der Waals surface area (Å²) >= 11 is 0. The van der Waals surface area contributed by atoms with Crippen LogP contribution in [0, 0.1) is 0 Å². The number of hydrogen-bond acceptors (Lipinski definition) is 4. The number of aromatic nitrogens is 1. The van der Waals surface area contributed by atoms with E-state index in [1.807, 2.05) is 64.1 Å². The van der Waals surface area contributed by atoms with Crippen LogP contribution < -0.4 is 5.32 Å². The van der Waals surface area contributed by atoms with E-state index < -0.39 is 11.7 Å². The van der Waals surface area contributed by atoms with Crippen LogP contribution in [-0.4, -0.2) is 34.9 Å². The molecule has 6 nitrogen and oxygen atoms in total. The first-order valence-corrected chi connectivity index (χ1v) is 9.72. The second kappa shape index (κ2) is 8.09. The molecular formula is C22H28N2O4. The average Bonchev–Trinajstić information content (AvgIpc) is 2.92. The number of benzene rings is 1. The minimum Gasteiger partial charge on any atom is -0.465 e. The first kappa shape index (κ1) is 20.0. The normalized spacial score (nSPS) is 15.9. The molecule has 0 aliphatic carbocycles. The molecule has 0 spiro atoms. The molecule has 1 aliphatic heterocycles. The van der Waals surface area contributed by atoms with Crippen molar-refractivity contribution < 1.29 is 19.1 Å². The molecule has 2 heterocycles. The third-order valence-electron chi connectivity index (χ3n) is 4.48. The molecule has 150 valence electrons. The Kier molecular flexibility index (Phi) is 5.77. The monoisotopic (exact) mass is 384 g/mol. The van der Waals surface area contributed by atoms with Crippen LogP contribution in [0.5, 0.6) is 0 Å². The Morgan fingerprint density at radius 1 is 1.25 bits per heavy atom. The predicted octanol–water partition coefficient (Wildman–Crippen LogP) is 4.06. The fraction of sp³-hybridized carbons (Fsp3) is 0.455. The van der Waals surface area contributed by atoms with Gasteiger partial charge in [-0.15, -0.1) is 0 Å². The largest absolute Gasteiger partial charge is 0.465 e. The topological polar surface area (TPSA) is 69.6 Å². The summed E-state index contributed by atoms with van der Waals surface area (Å²) in [5, 5.41) is 3.93. The maximum atomic E-state index is 12.2. The molecule has 1 N–H and O–H groups in total. The zero-order valence-corrected chi connectivity index (χ0v) is 17.0. The van der Waals surface area contributed by atoms with Gasteiger partial charge in [-0.3, -0.25) is 4.79 Å². The van der Waals surface area contributed by atoms with E-state index >= 15 is 0 Å². The Balaban J connectivity index is 1.84. The second-order valence-corrected chi connectivity index (χ2v) is 8.00. The van der Waals surface area contributed by atoms with Crippen molar-refractivity contribution in [2.45, 2.75) is 58.7 Å². The number of para-hydroxylation sites is 1. The van der Waals surface area contributed by atoms with Crippen LogP contribution in [0.2, 0.25) is 0 Å². The molecule has 28 heavy (non-hydrogen) atoms. The fourth-order valence-electron chi connectivity index (χ4n) is 3.40. The number of ether oxygens (including phenoxy) is 2. The number of esters is 1. The van der Waals surface area contributed by atoms with E-state index in [-0.39, 0.29) is 18.4 Å². The molecule has 1 aromatic carbocycles. The van der Waals surface area contributed by atoms with Crippen molar-refractivity contribution in [3.05, 3.63) is 41.6 Å². The Morgan fingerprint density at radius 2 is 2.00 bits per heavy atom. The number of carbonyl (C=O) groups is 2. The first-order valence-electron chi connectivity index (χ1n) is 9.72. The van der Waals surface area contributed by atoms with E-state index in [9.17, 15) is 9.59 Å². The lowest BCUT2D eigenvalue weighted by Crippen LogP contribution is -2.41. The summed E-state index contributed by atoms with van der Waals surface area (Å²) in [6.07, 6.45) is 4.51. The van der Waals surface area contributed by atoms with Crippen molar-refractivity contribution >= 4 is 29.0 Å². The summed E-state index contributed by atoms with van der Waals surface area (Å²) in [5.41, 5.74) is 2.44. The highest BCUT2D eigenvalue weighted by Gasteiger charge is 2.25. The van der Waals surface area contributed by atoms with Crippen molar-refractivity contribution in [3.63, 3.8) is 0 Å². The van der Waals surface area contributed by atoms with Crippen LogP contribution in [0.25, 0.3) is 17.0 Å². The summed E-state index contributed by atoms with van der Waals surface area (Å²) in [4.78, 5) is 24.3. The van der Waals surface area contributed by atoms with Crippen LogP contribution in [0.1, 0.15) is 45.4 Å². The van der Waals surface area contributed by atoms with Gasteiger partial charge >= 0.3 is 12.1 Å². The Hall–Kier alpha value is -2.76. The molecule has 0 unspecified atom stereocenters. The highest BCUT2D eigenvalue weighted by Crippen LogP contribution is 2.30. The van der Waals surface area contributed by atoms with Crippen molar-refractivity contribution in [1.29, 1.82) is 0 Å². The number of nitrogens with one attached hydrogen (secondary N) is 1. The molecule has 0 bridgehead atoms. The molecule has 0 radical (unpaired) electrons. The molecular weight excluding hydrogens is 356 g/mol. The van der Waals surface area contributed by atoms with Crippen molar-refractivity contribution in [2.75, 3.05) is 6.61 Å². The van der Waals surface area contributed by atoms with E-state index in [0.717, 1.165) is 28.6 Å². The summed E-state index contributed by atoms with van der Waals surface area (Å²) in [5.74, 6) is -0.219. The quantitative estimate of drug-likeness (QED) is 0.790. The lowest BCUT2D eigenvalue weighted by atomic mass is 10.1. The Labute approximate surface area is 165 Å². The molecule has 3 rings (SSSR count). The zero-order chi connectivity index (χ0) is 20.3. The molecule has 1 aliphatic rings. The molecule has 1 amide bonds. The number of amides is 1. The molecule has 1 aromatic heterocycles. The molecule has 0 saturated carbocycles.